The van der Waals surface area contributed by atoms with Crippen LogP contribution in [0.4, 0.5) is 0 Å². The largest absolute Gasteiger partial charge is 0.305 e. The van der Waals surface area contributed by atoms with Crippen molar-refractivity contribution < 1.29 is 8.42 Å². The molecule has 0 radical (unpaired) electrons. The van der Waals surface area contributed by atoms with Crippen LogP contribution in [0.15, 0.2) is 46.1 Å². The maximum atomic E-state index is 13.1. The van der Waals surface area contributed by atoms with Gasteiger partial charge in [-0.3, -0.25) is 9.69 Å². The predicted octanol–water partition coefficient (Wildman–Crippen LogP) is 1.79. The van der Waals surface area contributed by atoms with Crippen LogP contribution in [0, 0.1) is 6.92 Å². The van der Waals surface area contributed by atoms with Crippen molar-refractivity contribution in [3.8, 4) is 0 Å². The Labute approximate surface area is 173 Å². The minimum absolute atomic E-state index is 0.105. The number of sulfonamides is 1. The van der Waals surface area contributed by atoms with Crippen molar-refractivity contribution in [2.24, 2.45) is 0 Å². The fraction of sp³-hybridized carbons (Fsp3) is 0.316. The number of aryl methyl sites for hydroxylation is 1. The highest BCUT2D eigenvalue weighted by atomic mass is 35.5. The van der Waals surface area contributed by atoms with E-state index in [1.165, 1.54) is 15.9 Å². The van der Waals surface area contributed by atoms with Gasteiger partial charge in [-0.05, 0) is 18.6 Å². The minimum Gasteiger partial charge on any atom is -0.305 e. The zero-order chi connectivity index (χ0) is 20.6. The molecule has 29 heavy (non-hydrogen) atoms. The molecule has 1 N–H and O–H groups in total. The first-order valence-electron chi connectivity index (χ1n) is 9.18. The van der Waals surface area contributed by atoms with Crippen LogP contribution in [0.3, 0.4) is 0 Å². The molecule has 3 heterocycles. The molecule has 0 spiro atoms. The third-order valence-corrected chi connectivity index (χ3v) is 7.13. The zero-order valence-corrected chi connectivity index (χ0v) is 17.4. The number of nitrogens with one attached hydrogen (secondary N) is 1. The number of hydrogen-bond acceptors (Lipinski definition) is 6. The normalized spacial score (nSPS) is 16.3. The van der Waals surface area contributed by atoms with E-state index >= 15 is 0 Å². The Hall–Kier alpha value is -2.33. The molecule has 2 aromatic heterocycles. The Balaban J connectivity index is 1.56. The second-order valence-corrected chi connectivity index (χ2v) is 9.22. The molecule has 1 saturated heterocycles. The van der Waals surface area contributed by atoms with Gasteiger partial charge in [0.1, 0.15) is 21.5 Å². The Kier molecular flexibility index (Phi) is 5.39. The standard InChI is InChI=1S/C19H20ClN5O3S/c1-13-21-17(20)15-11-16(19(26)23-18(15)22-13)29(27,28)25-9-7-24(8-10-25)12-14-5-3-2-4-6-14/h2-6,11H,7-10,12H2,1H3,(H,21,22,23,26). The summed E-state index contributed by atoms with van der Waals surface area (Å²) in [5, 5.41) is 0.408. The average molecular weight is 434 g/mol. The number of rotatable bonds is 4. The first kappa shape index (κ1) is 20.0. The molecule has 1 aliphatic heterocycles. The summed E-state index contributed by atoms with van der Waals surface area (Å²) < 4.78 is 27.5. The van der Waals surface area contributed by atoms with Gasteiger partial charge in [-0.1, -0.05) is 41.9 Å². The Morgan fingerprint density at radius 1 is 1.10 bits per heavy atom. The molecule has 0 saturated carbocycles. The van der Waals surface area contributed by atoms with E-state index in [-0.39, 0.29) is 15.7 Å². The second-order valence-electron chi connectivity index (χ2n) is 6.95. The molecule has 10 heteroatoms. The number of halogens is 1. The fourth-order valence-electron chi connectivity index (χ4n) is 3.44. The molecule has 152 valence electrons. The van der Waals surface area contributed by atoms with Crippen molar-refractivity contribution >= 4 is 32.7 Å². The highest BCUT2D eigenvalue weighted by Crippen LogP contribution is 2.22. The van der Waals surface area contributed by atoms with E-state index in [9.17, 15) is 13.2 Å². The molecule has 0 atom stereocenters. The van der Waals surface area contributed by atoms with Gasteiger partial charge in [0.2, 0.25) is 10.0 Å². The van der Waals surface area contributed by atoms with Gasteiger partial charge < -0.3 is 4.98 Å². The molecular formula is C19H20ClN5O3S. The van der Waals surface area contributed by atoms with Crippen molar-refractivity contribution in [2.45, 2.75) is 18.4 Å². The van der Waals surface area contributed by atoms with Crippen LogP contribution in [0.1, 0.15) is 11.4 Å². The number of pyridine rings is 1. The minimum atomic E-state index is -3.96. The van der Waals surface area contributed by atoms with Gasteiger partial charge in [0, 0.05) is 32.7 Å². The maximum Gasteiger partial charge on any atom is 0.269 e. The molecule has 0 aliphatic carbocycles. The molecule has 4 rings (SSSR count). The number of piperazine rings is 1. The molecule has 1 aliphatic rings. The molecule has 8 nitrogen and oxygen atoms in total. The Bertz CT molecular complexity index is 1210. The van der Waals surface area contributed by atoms with E-state index in [2.05, 4.69) is 19.9 Å². The molecular weight excluding hydrogens is 414 g/mol. The number of fused-ring (bicyclic) bond motifs is 1. The van der Waals surface area contributed by atoms with Crippen molar-refractivity contribution in [1.82, 2.24) is 24.2 Å². The summed E-state index contributed by atoms with van der Waals surface area (Å²) in [7, 11) is -3.96. The summed E-state index contributed by atoms with van der Waals surface area (Å²) in [5.74, 6) is 0.392. The third-order valence-electron chi connectivity index (χ3n) is 4.94. The van der Waals surface area contributed by atoms with Gasteiger partial charge in [0.25, 0.3) is 5.56 Å². The number of benzene rings is 1. The smallest absolute Gasteiger partial charge is 0.269 e. The van der Waals surface area contributed by atoms with Gasteiger partial charge in [-0.25, -0.2) is 18.4 Å². The summed E-state index contributed by atoms with van der Waals surface area (Å²) in [5.41, 5.74) is 0.692. The van der Waals surface area contributed by atoms with Crippen LogP contribution < -0.4 is 5.56 Å². The van der Waals surface area contributed by atoms with E-state index < -0.39 is 15.6 Å². The molecule has 3 aromatic rings. The number of nitrogens with zero attached hydrogens (tertiary/aromatic N) is 4. The monoisotopic (exact) mass is 433 g/mol. The number of hydrogen-bond donors (Lipinski definition) is 1. The SMILES string of the molecule is Cc1nc(Cl)c2cc(S(=O)(=O)N3CCN(Cc4ccccc4)CC3)c(=O)[nH]c2n1. The van der Waals surface area contributed by atoms with E-state index in [4.69, 9.17) is 11.6 Å². The summed E-state index contributed by atoms with van der Waals surface area (Å²) >= 11 is 6.13. The van der Waals surface area contributed by atoms with Gasteiger partial charge in [0.05, 0.1) is 5.39 Å². The lowest BCUT2D eigenvalue weighted by Gasteiger charge is -2.33. The van der Waals surface area contributed by atoms with Crippen LogP contribution in [-0.4, -0.2) is 58.8 Å². The first-order valence-corrected chi connectivity index (χ1v) is 11.0. The van der Waals surface area contributed by atoms with Crippen LogP contribution in [0.5, 0.6) is 0 Å². The molecule has 1 fully saturated rings. The number of aromatic nitrogens is 3. The van der Waals surface area contributed by atoms with Crippen LogP contribution in [-0.2, 0) is 16.6 Å². The Morgan fingerprint density at radius 2 is 1.79 bits per heavy atom. The lowest BCUT2D eigenvalue weighted by molar-refractivity contribution is 0.181. The predicted molar refractivity (Wildman–Crippen MR) is 110 cm³/mol. The van der Waals surface area contributed by atoms with Crippen molar-refractivity contribution in [2.75, 3.05) is 26.2 Å². The van der Waals surface area contributed by atoms with E-state index in [1.54, 1.807) is 6.92 Å². The maximum absolute atomic E-state index is 13.1. The topological polar surface area (TPSA) is 99.3 Å². The summed E-state index contributed by atoms with van der Waals surface area (Å²) in [4.78, 5) is 25.0. The molecule has 1 aromatic carbocycles. The lowest BCUT2D eigenvalue weighted by atomic mass is 10.2. The van der Waals surface area contributed by atoms with Gasteiger partial charge >= 0.3 is 0 Å². The lowest BCUT2D eigenvalue weighted by Crippen LogP contribution is -2.48. The van der Waals surface area contributed by atoms with E-state index in [1.807, 2.05) is 30.3 Å². The fourth-order valence-corrected chi connectivity index (χ4v) is 5.18. The number of aromatic amines is 1. The van der Waals surface area contributed by atoms with E-state index in [0.717, 1.165) is 6.54 Å². The van der Waals surface area contributed by atoms with Gasteiger partial charge in [-0.15, -0.1) is 0 Å². The first-order chi connectivity index (χ1) is 13.8. The highest BCUT2D eigenvalue weighted by molar-refractivity contribution is 7.89. The van der Waals surface area contributed by atoms with Gasteiger partial charge in [0.15, 0.2) is 0 Å². The summed E-state index contributed by atoms with van der Waals surface area (Å²) in [6.45, 7) is 4.20. The second kappa shape index (κ2) is 7.83. The van der Waals surface area contributed by atoms with Crippen LogP contribution in [0.25, 0.3) is 11.0 Å². The highest BCUT2D eigenvalue weighted by Gasteiger charge is 2.31. The molecule has 0 bridgehead atoms. The van der Waals surface area contributed by atoms with E-state index in [0.29, 0.717) is 37.4 Å². The average Bonchev–Trinajstić information content (AvgIpc) is 2.68. The molecule has 0 unspecified atom stereocenters. The van der Waals surface area contributed by atoms with Crippen molar-refractivity contribution in [3.63, 3.8) is 0 Å². The number of H-pyrrole nitrogens is 1. The van der Waals surface area contributed by atoms with Crippen LogP contribution >= 0.6 is 11.6 Å². The Morgan fingerprint density at radius 3 is 2.48 bits per heavy atom. The van der Waals surface area contributed by atoms with Gasteiger partial charge in [-0.2, -0.15) is 4.31 Å². The molecule has 0 amide bonds. The quantitative estimate of drug-likeness (QED) is 0.630. The third kappa shape index (κ3) is 4.04. The van der Waals surface area contributed by atoms with Crippen LogP contribution in [0.2, 0.25) is 5.15 Å². The summed E-state index contributed by atoms with van der Waals surface area (Å²) in [6, 6.07) is 11.3. The zero-order valence-electron chi connectivity index (χ0n) is 15.8. The summed E-state index contributed by atoms with van der Waals surface area (Å²) in [6.07, 6.45) is 0. The van der Waals surface area contributed by atoms with Crippen molar-refractivity contribution in [1.29, 1.82) is 0 Å². The van der Waals surface area contributed by atoms with Crippen molar-refractivity contribution in [3.05, 3.63) is 63.3 Å².